The largest absolute Gasteiger partial charge is 0.467 e. The van der Waals surface area contributed by atoms with E-state index in [1.165, 1.54) is 7.11 Å². The van der Waals surface area contributed by atoms with Gasteiger partial charge in [0, 0.05) is 54.8 Å². The molecule has 0 aliphatic carbocycles. The van der Waals surface area contributed by atoms with Gasteiger partial charge in [-0.1, -0.05) is 6.08 Å². The van der Waals surface area contributed by atoms with Gasteiger partial charge >= 0.3 is 6.01 Å². The van der Waals surface area contributed by atoms with Crippen LogP contribution in [-0.2, 0) is 0 Å². The van der Waals surface area contributed by atoms with Gasteiger partial charge in [0.2, 0.25) is 0 Å². The number of methoxy groups -OCH3 is 1. The highest BCUT2D eigenvalue weighted by Gasteiger charge is 2.25. The SMILES string of the molecule is C=C[C@@H]1CN(c2ccc(C(=O)Nc3cnn4ccncc34)c3nc(OC)ncc23)C[C@H](C)N1. The maximum atomic E-state index is 13.3. The summed E-state index contributed by atoms with van der Waals surface area (Å²) < 4.78 is 6.89. The third-order valence-electron chi connectivity index (χ3n) is 5.74. The second-order valence-corrected chi connectivity index (χ2v) is 7.98. The van der Waals surface area contributed by atoms with Crippen LogP contribution in [0.3, 0.4) is 0 Å². The Bertz CT molecular complexity index is 1350. The summed E-state index contributed by atoms with van der Waals surface area (Å²) in [6, 6.07) is 4.38. The molecule has 168 valence electrons. The van der Waals surface area contributed by atoms with Crippen LogP contribution < -0.4 is 20.3 Å². The van der Waals surface area contributed by atoms with Gasteiger partial charge in [-0.3, -0.25) is 9.78 Å². The molecule has 10 nitrogen and oxygen atoms in total. The first-order chi connectivity index (χ1) is 16.1. The number of nitrogens with zero attached hydrogens (tertiary/aromatic N) is 6. The van der Waals surface area contributed by atoms with Crippen molar-refractivity contribution >= 4 is 33.7 Å². The van der Waals surface area contributed by atoms with E-state index in [-0.39, 0.29) is 24.0 Å². The molecule has 1 aromatic carbocycles. The van der Waals surface area contributed by atoms with E-state index < -0.39 is 0 Å². The molecular formula is C23H24N8O2. The molecule has 1 aliphatic heterocycles. The second-order valence-electron chi connectivity index (χ2n) is 7.98. The lowest BCUT2D eigenvalue weighted by molar-refractivity contribution is 0.102. The number of aromatic nitrogens is 5. The molecule has 2 atom stereocenters. The zero-order valence-electron chi connectivity index (χ0n) is 18.4. The minimum atomic E-state index is -0.302. The first-order valence-electron chi connectivity index (χ1n) is 10.6. The zero-order valence-corrected chi connectivity index (χ0v) is 18.4. The Balaban J connectivity index is 1.56. The van der Waals surface area contributed by atoms with Crippen molar-refractivity contribution in [2.45, 2.75) is 19.0 Å². The molecule has 0 unspecified atom stereocenters. The van der Waals surface area contributed by atoms with Gasteiger partial charge in [0.05, 0.1) is 36.3 Å². The van der Waals surface area contributed by atoms with Crippen LogP contribution in [-0.4, -0.2) is 62.8 Å². The molecule has 0 bridgehead atoms. The Morgan fingerprint density at radius 1 is 1.30 bits per heavy atom. The van der Waals surface area contributed by atoms with E-state index in [1.807, 2.05) is 12.1 Å². The lowest BCUT2D eigenvalue weighted by Gasteiger charge is -2.38. The molecule has 5 rings (SSSR count). The van der Waals surface area contributed by atoms with Crippen molar-refractivity contribution in [3.63, 3.8) is 0 Å². The number of rotatable bonds is 5. The first-order valence-corrected chi connectivity index (χ1v) is 10.6. The number of nitrogens with one attached hydrogen (secondary N) is 2. The van der Waals surface area contributed by atoms with Crippen LogP contribution in [0.25, 0.3) is 16.4 Å². The summed E-state index contributed by atoms with van der Waals surface area (Å²) >= 11 is 0. The molecule has 0 saturated carbocycles. The number of ether oxygens (including phenoxy) is 1. The molecule has 33 heavy (non-hydrogen) atoms. The summed E-state index contributed by atoms with van der Waals surface area (Å²) in [5, 5.41) is 11.5. The van der Waals surface area contributed by atoms with Crippen molar-refractivity contribution in [2.24, 2.45) is 0 Å². The summed E-state index contributed by atoms with van der Waals surface area (Å²) in [6.45, 7) is 7.64. The smallest absolute Gasteiger partial charge is 0.316 e. The molecule has 4 heterocycles. The van der Waals surface area contributed by atoms with Crippen LogP contribution in [0.5, 0.6) is 6.01 Å². The lowest BCUT2D eigenvalue weighted by atomic mass is 10.0. The monoisotopic (exact) mass is 444 g/mol. The summed E-state index contributed by atoms with van der Waals surface area (Å²) in [5.74, 6) is -0.302. The lowest BCUT2D eigenvalue weighted by Crippen LogP contribution is -2.54. The number of piperazine rings is 1. The molecule has 1 fully saturated rings. The fraction of sp³-hybridized carbons (Fsp3) is 0.261. The highest BCUT2D eigenvalue weighted by molar-refractivity contribution is 6.14. The normalized spacial score (nSPS) is 18.4. The van der Waals surface area contributed by atoms with E-state index in [1.54, 1.807) is 41.6 Å². The summed E-state index contributed by atoms with van der Waals surface area (Å²) in [6.07, 6.45) is 10.2. The standard InChI is InChI=1S/C23H24N8O2/c1-4-15-13-30(12-14(2)27-15)19-6-5-16(21-17(19)9-25-23(29-21)33-3)22(32)28-18-10-26-31-8-7-24-11-20(18)31/h4-11,14-15,27H,1,12-13H2,2-3H3,(H,28,32)/t14-,15+/m0/s1. The summed E-state index contributed by atoms with van der Waals surface area (Å²) in [4.78, 5) is 28.5. The quantitative estimate of drug-likeness (QED) is 0.451. The van der Waals surface area contributed by atoms with E-state index in [2.05, 4.69) is 49.1 Å². The number of hydrogen-bond donors (Lipinski definition) is 2. The number of amides is 1. The van der Waals surface area contributed by atoms with E-state index in [0.29, 0.717) is 22.3 Å². The van der Waals surface area contributed by atoms with Gasteiger partial charge in [0.15, 0.2) is 0 Å². The predicted octanol–water partition coefficient (Wildman–Crippen LogP) is 2.29. The van der Waals surface area contributed by atoms with Gasteiger partial charge in [0.25, 0.3) is 5.91 Å². The first kappa shape index (κ1) is 20.8. The Labute approximate surface area is 190 Å². The number of carbonyl (C=O) groups excluding carboxylic acids is 1. The highest BCUT2D eigenvalue weighted by atomic mass is 16.5. The van der Waals surface area contributed by atoms with Crippen molar-refractivity contribution in [2.75, 3.05) is 30.4 Å². The second kappa shape index (κ2) is 8.47. The number of fused-ring (bicyclic) bond motifs is 2. The van der Waals surface area contributed by atoms with Gasteiger partial charge in [-0.05, 0) is 19.1 Å². The van der Waals surface area contributed by atoms with Crippen LogP contribution in [0, 0.1) is 0 Å². The molecule has 4 aromatic rings. The van der Waals surface area contributed by atoms with Gasteiger partial charge in [-0.25, -0.2) is 9.50 Å². The molecule has 3 aromatic heterocycles. The fourth-order valence-corrected chi connectivity index (χ4v) is 4.22. The van der Waals surface area contributed by atoms with Crippen LogP contribution in [0.2, 0.25) is 0 Å². The average Bonchev–Trinajstić information content (AvgIpc) is 3.25. The van der Waals surface area contributed by atoms with Crippen LogP contribution in [0.15, 0.2) is 55.8 Å². The average molecular weight is 444 g/mol. The number of anilines is 2. The topological polar surface area (TPSA) is 110 Å². The molecule has 1 amide bonds. The van der Waals surface area contributed by atoms with Crippen molar-refractivity contribution in [3.8, 4) is 6.01 Å². The maximum Gasteiger partial charge on any atom is 0.316 e. The Kier molecular flexibility index (Phi) is 5.35. The van der Waals surface area contributed by atoms with E-state index in [0.717, 1.165) is 24.2 Å². The Hall–Kier alpha value is -4.05. The van der Waals surface area contributed by atoms with Crippen LogP contribution in [0.4, 0.5) is 11.4 Å². The Morgan fingerprint density at radius 3 is 3.00 bits per heavy atom. The van der Waals surface area contributed by atoms with Crippen molar-refractivity contribution < 1.29 is 9.53 Å². The van der Waals surface area contributed by atoms with Gasteiger partial charge in [-0.15, -0.1) is 6.58 Å². The number of hydrogen-bond acceptors (Lipinski definition) is 8. The third kappa shape index (κ3) is 3.85. The molecule has 0 radical (unpaired) electrons. The maximum absolute atomic E-state index is 13.3. The zero-order chi connectivity index (χ0) is 22.9. The molecule has 1 aliphatic rings. The summed E-state index contributed by atoms with van der Waals surface area (Å²) in [7, 11) is 1.50. The van der Waals surface area contributed by atoms with E-state index >= 15 is 0 Å². The van der Waals surface area contributed by atoms with Crippen LogP contribution in [0.1, 0.15) is 17.3 Å². The molecule has 10 heteroatoms. The molecule has 2 N–H and O–H groups in total. The van der Waals surface area contributed by atoms with Crippen molar-refractivity contribution in [1.82, 2.24) is 29.9 Å². The van der Waals surface area contributed by atoms with E-state index in [4.69, 9.17) is 4.74 Å². The van der Waals surface area contributed by atoms with Crippen molar-refractivity contribution in [3.05, 3.63) is 61.3 Å². The number of benzene rings is 1. The number of carbonyl (C=O) groups is 1. The van der Waals surface area contributed by atoms with E-state index in [9.17, 15) is 4.79 Å². The van der Waals surface area contributed by atoms with Gasteiger partial charge in [0.1, 0.15) is 5.52 Å². The van der Waals surface area contributed by atoms with Gasteiger partial charge < -0.3 is 20.3 Å². The minimum Gasteiger partial charge on any atom is -0.467 e. The fourth-order valence-electron chi connectivity index (χ4n) is 4.22. The van der Waals surface area contributed by atoms with Gasteiger partial charge in [-0.2, -0.15) is 10.1 Å². The van der Waals surface area contributed by atoms with Crippen molar-refractivity contribution in [1.29, 1.82) is 0 Å². The molecule has 0 spiro atoms. The molecular weight excluding hydrogens is 420 g/mol. The van der Waals surface area contributed by atoms with Crippen LogP contribution >= 0.6 is 0 Å². The minimum absolute atomic E-state index is 0.162. The predicted molar refractivity (Wildman–Crippen MR) is 126 cm³/mol. The molecule has 1 saturated heterocycles. The summed E-state index contributed by atoms with van der Waals surface area (Å²) in [5.41, 5.74) is 3.17. The third-order valence-corrected chi connectivity index (χ3v) is 5.74. The highest BCUT2D eigenvalue weighted by Crippen LogP contribution is 2.31. The Morgan fingerprint density at radius 2 is 2.18 bits per heavy atom.